The highest BCUT2D eigenvalue weighted by Gasteiger charge is 2.21. The maximum absolute atomic E-state index is 12.3. The molecule has 1 saturated heterocycles. The first-order valence-electron chi connectivity index (χ1n) is 7.83. The molecule has 0 radical (unpaired) electrons. The third kappa shape index (κ3) is 4.52. The number of carbonyl (C=O) groups is 2. The zero-order chi connectivity index (χ0) is 17.6. The molecule has 25 heavy (non-hydrogen) atoms. The van der Waals surface area contributed by atoms with E-state index in [1.165, 1.54) is 11.3 Å². The van der Waals surface area contributed by atoms with Crippen LogP contribution in [0.1, 0.15) is 11.3 Å². The lowest BCUT2D eigenvalue weighted by Gasteiger charge is -2.26. The van der Waals surface area contributed by atoms with Gasteiger partial charge in [0.05, 0.1) is 31.9 Å². The number of carboxylic acid groups (broad SMARTS) is 1. The molecule has 0 saturated carbocycles. The number of carbonyl (C=O) groups excluding carboxylic acids is 1. The number of ether oxygens (including phenoxy) is 1. The molecular formula is C16H18N4O4S. The summed E-state index contributed by atoms with van der Waals surface area (Å²) in [4.78, 5) is 35.1. The summed E-state index contributed by atoms with van der Waals surface area (Å²) in [6.07, 6.45) is 2.32. The molecule has 1 aliphatic rings. The highest BCUT2D eigenvalue weighted by atomic mass is 32.1. The molecular weight excluding hydrogens is 344 g/mol. The van der Waals surface area contributed by atoms with E-state index in [0.29, 0.717) is 37.1 Å². The van der Waals surface area contributed by atoms with Gasteiger partial charge < -0.3 is 14.7 Å². The normalized spacial score (nSPS) is 14.3. The molecule has 1 aliphatic heterocycles. The fourth-order valence-corrected chi connectivity index (χ4v) is 3.29. The number of hydrogen-bond donors (Lipinski definition) is 1. The fraction of sp³-hybridized carbons (Fsp3) is 0.375. The van der Waals surface area contributed by atoms with Crippen LogP contribution in [0, 0.1) is 0 Å². The van der Waals surface area contributed by atoms with Gasteiger partial charge in [0.1, 0.15) is 0 Å². The Morgan fingerprint density at radius 2 is 2.16 bits per heavy atom. The van der Waals surface area contributed by atoms with Gasteiger partial charge in [0.2, 0.25) is 5.91 Å². The van der Waals surface area contributed by atoms with Crippen molar-refractivity contribution in [1.29, 1.82) is 0 Å². The average Bonchev–Trinajstić information content (AvgIpc) is 3.09. The maximum atomic E-state index is 12.3. The molecule has 0 aliphatic carbocycles. The van der Waals surface area contributed by atoms with Gasteiger partial charge in [-0.2, -0.15) is 0 Å². The third-order valence-corrected chi connectivity index (χ3v) is 4.67. The Hall–Kier alpha value is -2.52. The summed E-state index contributed by atoms with van der Waals surface area (Å²) in [5.41, 5.74) is 1.35. The molecule has 2 aromatic heterocycles. The largest absolute Gasteiger partial charge is 0.465 e. The van der Waals surface area contributed by atoms with Crippen molar-refractivity contribution in [1.82, 2.24) is 14.9 Å². The monoisotopic (exact) mass is 362 g/mol. The smallest absolute Gasteiger partial charge is 0.413 e. The molecule has 0 bridgehead atoms. The van der Waals surface area contributed by atoms with E-state index in [1.54, 1.807) is 34.8 Å². The maximum Gasteiger partial charge on any atom is 0.413 e. The van der Waals surface area contributed by atoms with Gasteiger partial charge >= 0.3 is 6.09 Å². The molecule has 2 amide bonds. The van der Waals surface area contributed by atoms with Gasteiger partial charge in [-0.25, -0.2) is 14.7 Å². The summed E-state index contributed by atoms with van der Waals surface area (Å²) in [6, 6.07) is 3.56. The standard InChI is InChI=1S/C16H18N4O4S/c21-14(19-4-6-24-7-5-19)8-13-11-25-15(18-13)20(16(22)23)10-12-2-1-3-17-9-12/h1-3,9,11H,4-8,10H2,(H,22,23). The number of thiazole rings is 1. The van der Waals surface area contributed by atoms with E-state index in [2.05, 4.69) is 9.97 Å². The Morgan fingerprint density at radius 3 is 2.84 bits per heavy atom. The third-order valence-electron chi connectivity index (χ3n) is 3.76. The highest BCUT2D eigenvalue weighted by molar-refractivity contribution is 7.14. The average molecular weight is 362 g/mol. The van der Waals surface area contributed by atoms with Gasteiger partial charge in [-0.15, -0.1) is 11.3 Å². The fourth-order valence-electron chi connectivity index (χ4n) is 2.47. The number of aromatic nitrogens is 2. The number of amides is 2. The first-order valence-corrected chi connectivity index (χ1v) is 8.71. The quantitative estimate of drug-likeness (QED) is 0.868. The van der Waals surface area contributed by atoms with Crippen LogP contribution in [0.4, 0.5) is 9.93 Å². The summed E-state index contributed by atoms with van der Waals surface area (Å²) in [6.45, 7) is 2.42. The van der Waals surface area contributed by atoms with Gasteiger partial charge in [-0.05, 0) is 11.6 Å². The second-order valence-corrected chi connectivity index (χ2v) is 6.36. The van der Waals surface area contributed by atoms with E-state index >= 15 is 0 Å². The van der Waals surface area contributed by atoms with Crippen LogP contribution in [0.3, 0.4) is 0 Å². The molecule has 9 heteroatoms. The van der Waals surface area contributed by atoms with Crippen LogP contribution in [-0.2, 0) is 22.5 Å². The molecule has 0 atom stereocenters. The van der Waals surface area contributed by atoms with Crippen molar-refractivity contribution in [3.05, 3.63) is 41.2 Å². The molecule has 1 fully saturated rings. The second kappa shape index (κ2) is 8.04. The molecule has 3 rings (SSSR count). The zero-order valence-electron chi connectivity index (χ0n) is 13.5. The van der Waals surface area contributed by atoms with E-state index < -0.39 is 6.09 Å². The molecule has 8 nitrogen and oxygen atoms in total. The Balaban J connectivity index is 1.67. The molecule has 1 N–H and O–H groups in total. The number of morpholine rings is 1. The van der Waals surface area contributed by atoms with Crippen LogP contribution < -0.4 is 4.90 Å². The van der Waals surface area contributed by atoms with Crippen molar-refractivity contribution < 1.29 is 19.4 Å². The summed E-state index contributed by atoms with van der Waals surface area (Å²) >= 11 is 1.21. The Morgan fingerprint density at radius 1 is 1.36 bits per heavy atom. The molecule has 2 aromatic rings. The van der Waals surface area contributed by atoms with Crippen LogP contribution in [-0.4, -0.2) is 58.3 Å². The second-order valence-electron chi connectivity index (χ2n) is 5.52. The minimum absolute atomic E-state index is 0.0192. The van der Waals surface area contributed by atoms with Gasteiger partial charge in [0, 0.05) is 30.9 Å². The lowest BCUT2D eigenvalue weighted by atomic mass is 10.3. The van der Waals surface area contributed by atoms with E-state index in [9.17, 15) is 14.7 Å². The van der Waals surface area contributed by atoms with Crippen molar-refractivity contribution >= 4 is 28.5 Å². The summed E-state index contributed by atoms with van der Waals surface area (Å²) < 4.78 is 5.23. The van der Waals surface area contributed by atoms with E-state index in [1.807, 2.05) is 0 Å². The molecule has 132 valence electrons. The predicted octanol–water partition coefficient (Wildman–Crippen LogP) is 1.62. The van der Waals surface area contributed by atoms with Crippen molar-refractivity contribution in [3.63, 3.8) is 0 Å². The van der Waals surface area contributed by atoms with Gasteiger partial charge in [0.15, 0.2) is 5.13 Å². The summed E-state index contributed by atoms with van der Waals surface area (Å²) in [5, 5.41) is 11.5. The van der Waals surface area contributed by atoms with Crippen molar-refractivity contribution in [3.8, 4) is 0 Å². The SMILES string of the molecule is O=C(Cc1csc(N(Cc2cccnc2)C(=O)O)n1)N1CCOCC1. The van der Waals surface area contributed by atoms with Crippen LogP contribution in [0.5, 0.6) is 0 Å². The highest BCUT2D eigenvalue weighted by Crippen LogP contribution is 2.23. The van der Waals surface area contributed by atoms with Crippen molar-refractivity contribution in [2.24, 2.45) is 0 Å². The van der Waals surface area contributed by atoms with Gasteiger partial charge in [-0.3, -0.25) is 9.78 Å². The van der Waals surface area contributed by atoms with Crippen LogP contribution in [0.2, 0.25) is 0 Å². The van der Waals surface area contributed by atoms with Crippen LogP contribution >= 0.6 is 11.3 Å². The first kappa shape index (κ1) is 17.3. The van der Waals surface area contributed by atoms with Crippen molar-refractivity contribution in [2.75, 3.05) is 31.2 Å². The minimum Gasteiger partial charge on any atom is -0.465 e. The lowest BCUT2D eigenvalue weighted by Crippen LogP contribution is -2.41. The number of pyridine rings is 1. The topological polar surface area (TPSA) is 95.9 Å². The molecule has 0 unspecified atom stereocenters. The molecule has 3 heterocycles. The van der Waals surface area contributed by atoms with Crippen molar-refractivity contribution in [2.45, 2.75) is 13.0 Å². The first-order chi connectivity index (χ1) is 12.1. The van der Waals surface area contributed by atoms with E-state index in [4.69, 9.17) is 4.74 Å². The summed E-state index contributed by atoms with van der Waals surface area (Å²) in [5.74, 6) is -0.0192. The Kier molecular flexibility index (Phi) is 5.56. The molecule has 0 aromatic carbocycles. The van der Waals surface area contributed by atoms with Gasteiger partial charge in [0.25, 0.3) is 0 Å². The zero-order valence-corrected chi connectivity index (χ0v) is 14.3. The number of rotatable bonds is 5. The predicted molar refractivity (Wildman–Crippen MR) is 91.7 cm³/mol. The number of anilines is 1. The Bertz CT molecular complexity index is 731. The lowest BCUT2D eigenvalue weighted by molar-refractivity contribution is -0.134. The number of nitrogens with zero attached hydrogens (tertiary/aromatic N) is 4. The van der Waals surface area contributed by atoms with E-state index in [0.717, 1.165) is 10.5 Å². The Labute approximate surface area is 148 Å². The molecule has 0 spiro atoms. The van der Waals surface area contributed by atoms with Gasteiger partial charge in [-0.1, -0.05) is 6.07 Å². The summed E-state index contributed by atoms with van der Waals surface area (Å²) in [7, 11) is 0. The van der Waals surface area contributed by atoms with Crippen LogP contribution in [0.25, 0.3) is 0 Å². The number of hydrogen-bond acceptors (Lipinski definition) is 6. The van der Waals surface area contributed by atoms with Crippen LogP contribution in [0.15, 0.2) is 29.9 Å². The minimum atomic E-state index is -1.09. The van der Waals surface area contributed by atoms with E-state index in [-0.39, 0.29) is 18.9 Å².